The Balaban J connectivity index is 1.63. The summed E-state index contributed by atoms with van der Waals surface area (Å²) in [6.07, 6.45) is 0. The molecule has 1 aliphatic rings. The summed E-state index contributed by atoms with van der Waals surface area (Å²) in [6, 6.07) is 12.6. The second kappa shape index (κ2) is 5.51. The zero-order valence-corrected chi connectivity index (χ0v) is 11.3. The molecule has 0 saturated heterocycles. The van der Waals surface area contributed by atoms with E-state index in [9.17, 15) is 4.39 Å². The van der Waals surface area contributed by atoms with E-state index < -0.39 is 0 Å². The molecule has 0 bridgehead atoms. The van der Waals surface area contributed by atoms with Gasteiger partial charge in [-0.3, -0.25) is 4.90 Å². The lowest BCUT2D eigenvalue weighted by molar-refractivity contribution is 0.174. The van der Waals surface area contributed by atoms with Gasteiger partial charge in [-0.25, -0.2) is 4.39 Å². The van der Waals surface area contributed by atoms with Gasteiger partial charge >= 0.3 is 0 Å². The monoisotopic (exact) mass is 273 g/mol. The Bertz CT molecular complexity index is 598. The molecule has 4 heteroatoms. The van der Waals surface area contributed by atoms with E-state index in [0.717, 1.165) is 30.2 Å². The van der Waals surface area contributed by atoms with Gasteiger partial charge in [0, 0.05) is 13.1 Å². The highest BCUT2D eigenvalue weighted by Gasteiger charge is 2.13. The molecule has 0 aliphatic carbocycles. The summed E-state index contributed by atoms with van der Waals surface area (Å²) in [5.41, 5.74) is 2.26. The van der Waals surface area contributed by atoms with Gasteiger partial charge in [0.25, 0.3) is 0 Å². The Labute approximate surface area is 117 Å². The van der Waals surface area contributed by atoms with Gasteiger partial charge in [-0.2, -0.15) is 0 Å². The van der Waals surface area contributed by atoms with Crippen molar-refractivity contribution in [3.8, 4) is 11.5 Å². The number of benzene rings is 2. The van der Waals surface area contributed by atoms with Crippen LogP contribution in [0.3, 0.4) is 0 Å². The third kappa shape index (κ3) is 2.91. The highest BCUT2D eigenvalue weighted by atomic mass is 19.1. The van der Waals surface area contributed by atoms with Gasteiger partial charge in [0.05, 0.1) is 0 Å². The van der Waals surface area contributed by atoms with Crippen molar-refractivity contribution < 1.29 is 13.9 Å². The average Bonchev–Trinajstić information content (AvgIpc) is 2.89. The quantitative estimate of drug-likeness (QED) is 0.854. The number of halogens is 1. The molecule has 1 aliphatic heterocycles. The molecule has 20 heavy (non-hydrogen) atoms. The summed E-state index contributed by atoms with van der Waals surface area (Å²) in [7, 11) is 2.04. The number of ether oxygens (including phenoxy) is 2. The van der Waals surface area contributed by atoms with E-state index in [2.05, 4.69) is 4.90 Å². The number of fused-ring (bicyclic) bond motifs is 1. The standard InChI is InChI=1S/C16H16FNO2/c1-18(9-12-2-5-14(17)6-3-12)10-13-4-7-15-16(8-13)20-11-19-15/h2-8H,9-11H2,1H3. The second-order valence-corrected chi connectivity index (χ2v) is 4.99. The molecule has 0 N–H and O–H groups in total. The lowest BCUT2D eigenvalue weighted by Gasteiger charge is -2.17. The zero-order valence-electron chi connectivity index (χ0n) is 11.3. The van der Waals surface area contributed by atoms with Crippen LogP contribution < -0.4 is 9.47 Å². The normalized spacial score (nSPS) is 12.9. The molecule has 2 aromatic rings. The molecule has 0 radical (unpaired) electrons. The Hall–Kier alpha value is -2.07. The first kappa shape index (κ1) is 12.9. The topological polar surface area (TPSA) is 21.7 Å². The SMILES string of the molecule is CN(Cc1ccc(F)cc1)Cc1ccc2c(c1)OCO2. The van der Waals surface area contributed by atoms with Gasteiger partial charge in [0.1, 0.15) is 5.82 Å². The van der Waals surface area contributed by atoms with Gasteiger partial charge in [-0.05, 0) is 42.4 Å². The summed E-state index contributed by atoms with van der Waals surface area (Å²) in [5, 5.41) is 0. The average molecular weight is 273 g/mol. The summed E-state index contributed by atoms with van der Waals surface area (Å²) >= 11 is 0. The van der Waals surface area contributed by atoms with Crippen LogP contribution in [0.1, 0.15) is 11.1 Å². The molecule has 0 saturated carbocycles. The highest BCUT2D eigenvalue weighted by molar-refractivity contribution is 5.44. The molecule has 0 fully saturated rings. The van der Waals surface area contributed by atoms with E-state index >= 15 is 0 Å². The number of rotatable bonds is 4. The van der Waals surface area contributed by atoms with Gasteiger partial charge in [0.15, 0.2) is 11.5 Å². The van der Waals surface area contributed by atoms with Crippen molar-refractivity contribution in [2.45, 2.75) is 13.1 Å². The fraction of sp³-hybridized carbons (Fsp3) is 0.250. The van der Waals surface area contributed by atoms with Crippen LogP contribution >= 0.6 is 0 Å². The van der Waals surface area contributed by atoms with Gasteiger partial charge in [-0.15, -0.1) is 0 Å². The minimum absolute atomic E-state index is 0.202. The zero-order chi connectivity index (χ0) is 13.9. The number of hydrogen-bond acceptors (Lipinski definition) is 3. The van der Waals surface area contributed by atoms with Crippen LogP contribution in [0.15, 0.2) is 42.5 Å². The molecule has 104 valence electrons. The van der Waals surface area contributed by atoms with Crippen molar-refractivity contribution in [2.24, 2.45) is 0 Å². The molecular formula is C16H16FNO2. The van der Waals surface area contributed by atoms with E-state index in [1.165, 1.54) is 17.7 Å². The first-order valence-electron chi connectivity index (χ1n) is 6.52. The third-order valence-corrected chi connectivity index (χ3v) is 3.26. The van der Waals surface area contributed by atoms with Gasteiger partial charge in [0.2, 0.25) is 6.79 Å². The fourth-order valence-electron chi connectivity index (χ4n) is 2.31. The first-order chi connectivity index (χ1) is 9.70. The molecule has 0 aromatic heterocycles. The molecule has 2 aromatic carbocycles. The Morgan fingerprint density at radius 1 is 0.950 bits per heavy atom. The molecule has 0 spiro atoms. The van der Waals surface area contributed by atoms with Crippen LogP contribution in [-0.2, 0) is 13.1 Å². The minimum atomic E-state index is -0.202. The van der Waals surface area contributed by atoms with Crippen LogP contribution in [0.2, 0.25) is 0 Å². The van der Waals surface area contributed by atoms with Crippen molar-refractivity contribution >= 4 is 0 Å². The van der Waals surface area contributed by atoms with E-state index in [4.69, 9.17) is 9.47 Å². The number of hydrogen-bond donors (Lipinski definition) is 0. The smallest absolute Gasteiger partial charge is 0.231 e. The first-order valence-corrected chi connectivity index (χ1v) is 6.52. The van der Waals surface area contributed by atoms with Crippen molar-refractivity contribution in [1.29, 1.82) is 0 Å². The molecule has 0 amide bonds. The van der Waals surface area contributed by atoms with E-state index in [1.807, 2.05) is 37.4 Å². The maximum absolute atomic E-state index is 12.9. The van der Waals surface area contributed by atoms with Crippen LogP contribution in [0, 0.1) is 5.82 Å². The molecule has 3 nitrogen and oxygen atoms in total. The maximum Gasteiger partial charge on any atom is 0.231 e. The molecule has 3 rings (SSSR count). The van der Waals surface area contributed by atoms with Crippen molar-refractivity contribution in [1.82, 2.24) is 4.90 Å². The molecule has 1 heterocycles. The fourth-order valence-corrected chi connectivity index (χ4v) is 2.31. The lowest BCUT2D eigenvalue weighted by atomic mass is 10.1. The van der Waals surface area contributed by atoms with Crippen molar-refractivity contribution in [2.75, 3.05) is 13.8 Å². The second-order valence-electron chi connectivity index (χ2n) is 4.99. The van der Waals surface area contributed by atoms with Crippen LogP contribution in [-0.4, -0.2) is 18.7 Å². The highest BCUT2D eigenvalue weighted by Crippen LogP contribution is 2.32. The van der Waals surface area contributed by atoms with E-state index in [1.54, 1.807) is 0 Å². The van der Waals surface area contributed by atoms with E-state index in [0.29, 0.717) is 6.79 Å². The Morgan fingerprint density at radius 2 is 1.60 bits per heavy atom. The minimum Gasteiger partial charge on any atom is -0.454 e. The Morgan fingerprint density at radius 3 is 2.40 bits per heavy atom. The third-order valence-electron chi connectivity index (χ3n) is 3.26. The van der Waals surface area contributed by atoms with E-state index in [-0.39, 0.29) is 5.82 Å². The Kier molecular flexibility index (Phi) is 3.56. The van der Waals surface area contributed by atoms with Crippen molar-refractivity contribution in [3.63, 3.8) is 0 Å². The summed E-state index contributed by atoms with van der Waals surface area (Å²) in [5.74, 6) is 1.40. The summed E-state index contributed by atoms with van der Waals surface area (Å²) in [4.78, 5) is 2.17. The molecule has 0 atom stereocenters. The van der Waals surface area contributed by atoms with Crippen LogP contribution in [0.5, 0.6) is 11.5 Å². The number of nitrogens with zero attached hydrogens (tertiary/aromatic N) is 1. The summed E-state index contributed by atoms with van der Waals surface area (Å²) in [6.45, 7) is 1.87. The predicted molar refractivity (Wildman–Crippen MR) is 74.1 cm³/mol. The summed E-state index contributed by atoms with van der Waals surface area (Å²) < 4.78 is 23.5. The van der Waals surface area contributed by atoms with Crippen molar-refractivity contribution in [3.05, 3.63) is 59.4 Å². The predicted octanol–water partition coefficient (Wildman–Crippen LogP) is 3.19. The van der Waals surface area contributed by atoms with Gasteiger partial charge < -0.3 is 9.47 Å². The molecular weight excluding hydrogens is 257 g/mol. The van der Waals surface area contributed by atoms with Crippen LogP contribution in [0.25, 0.3) is 0 Å². The lowest BCUT2D eigenvalue weighted by Crippen LogP contribution is -2.17. The largest absolute Gasteiger partial charge is 0.454 e. The molecule has 0 unspecified atom stereocenters. The maximum atomic E-state index is 12.9. The van der Waals surface area contributed by atoms with Crippen LogP contribution in [0.4, 0.5) is 4.39 Å². The van der Waals surface area contributed by atoms with Gasteiger partial charge in [-0.1, -0.05) is 18.2 Å².